The van der Waals surface area contributed by atoms with Gasteiger partial charge in [0.15, 0.2) is 0 Å². The van der Waals surface area contributed by atoms with Crippen LogP contribution in [0.1, 0.15) is 24.5 Å². The molecule has 0 aliphatic carbocycles. The van der Waals surface area contributed by atoms with Gasteiger partial charge in [-0.1, -0.05) is 23.7 Å². The minimum atomic E-state index is -0.564. The van der Waals surface area contributed by atoms with Crippen molar-refractivity contribution in [3.05, 3.63) is 86.9 Å². The molecule has 202 valence electrons. The van der Waals surface area contributed by atoms with E-state index in [0.717, 1.165) is 18.7 Å². The third-order valence-corrected chi connectivity index (χ3v) is 6.54. The van der Waals surface area contributed by atoms with E-state index in [0.29, 0.717) is 45.3 Å². The third-order valence-electron chi connectivity index (χ3n) is 6.31. The van der Waals surface area contributed by atoms with Gasteiger partial charge in [-0.25, -0.2) is 0 Å². The van der Waals surface area contributed by atoms with Crippen LogP contribution in [0.3, 0.4) is 0 Å². The van der Waals surface area contributed by atoms with Gasteiger partial charge < -0.3 is 26.2 Å². The van der Waals surface area contributed by atoms with E-state index in [1.807, 2.05) is 26.2 Å². The van der Waals surface area contributed by atoms with E-state index < -0.39 is 4.92 Å². The van der Waals surface area contributed by atoms with Gasteiger partial charge in [0.25, 0.3) is 11.6 Å². The minimum absolute atomic E-state index is 0.0131. The maximum atomic E-state index is 13.1. The molecule has 0 radical (unpaired) electrons. The van der Waals surface area contributed by atoms with E-state index >= 15 is 0 Å². The van der Waals surface area contributed by atoms with Gasteiger partial charge in [0, 0.05) is 47.1 Å². The minimum Gasteiger partial charge on any atom is -0.393 e. The lowest BCUT2D eigenvalue weighted by atomic mass is 9.99. The maximum absolute atomic E-state index is 13.1. The number of fused-ring (bicyclic) bond motifs is 1. The zero-order chi connectivity index (χ0) is 28.3. The first-order valence-corrected chi connectivity index (χ1v) is 12.6. The number of nitro benzene ring substituents is 1. The molecule has 39 heavy (non-hydrogen) atoms. The largest absolute Gasteiger partial charge is 0.393 e. The highest BCUT2D eigenvalue weighted by molar-refractivity contribution is 6.38. The van der Waals surface area contributed by atoms with Crippen LogP contribution in [0.15, 0.2) is 60.7 Å². The van der Waals surface area contributed by atoms with Gasteiger partial charge in [-0.15, -0.1) is 0 Å². The lowest BCUT2D eigenvalue weighted by Gasteiger charge is -2.23. The van der Waals surface area contributed by atoms with Crippen molar-refractivity contribution >= 4 is 63.1 Å². The van der Waals surface area contributed by atoms with Gasteiger partial charge >= 0.3 is 0 Å². The Balaban J connectivity index is 1.75. The summed E-state index contributed by atoms with van der Waals surface area (Å²) in [6, 6.07) is 16.6. The Kier molecular flexibility index (Phi) is 8.18. The fourth-order valence-corrected chi connectivity index (χ4v) is 4.58. The smallest absolute Gasteiger partial charge is 0.292 e. The number of hydrogen-bond acceptors (Lipinski definition) is 7. The van der Waals surface area contributed by atoms with Crippen molar-refractivity contribution < 1.29 is 14.5 Å². The number of carbonyl (C=O) groups excluding carboxylic acids is 2. The number of nitrogen functional groups attached to an aromatic ring is 1. The van der Waals surface area contributed by atoms with Crippen molar-refractivity contribution in [3.63, 3.8) is 0 Å². The van der Waals surface area contributed by atoms with Crippen LogP contribution in [0.25, 0.3) is 11.3 Å². The summed E-state index contributed by atoms with van der Waals surface area (Å²) in [5.74, 6) is -0.445. The molecule has 4 rings (SSSR count). The van der Waals surface area contributed by atoms with Crippen LogP contribution in [0.4, 0.5) is 28.4 Å². The van der Waals surface area contributed by atoms with Crippen molar-refractivity contribution in [1.29, 1.82) is 0 Å². The Morgan fingerprint density at radius 1 is 1.08 bits per heavy atom. The first-order valence-electron chi connectivity index (χ1n) is 12.2. The first kappa shape index (κ1) is 27.6. The number of anilines is 4. The summed E-state index contributed by atoms with van der Waals surface area (Å²) in [4.78, 5) is 40.3. The van der Waals surface area contributed by atoms with Gasteiger partial charge in [0.1, 0.15) is 5.69 Å². The second kappa shape index (κ2) is 11.5. The normalized spacial score (nSPS) is 13.6. The van der Waals surface area contributed by atoms with Crippen LogP contribution < -0.4 is 21.3 Å². The van der Waals surface area contributed by atoms with Crippen LogP contribution in [0, 0.1) is 10.1 Å². The van der Waals surface area contributed by atoms with Gasteiger partial charge in [0.05, 0.1) is 21.9 Å². The molecule has 1 aliphatic rings. The number of hydrogen-bond donors (Lipinski definition) is 3. The lowest BCUT2D eigenvalue weighted by molar-refractivity contribution is -0.383. The average molecular weight is 549 g/mol. The van der Waals surface area contributed by atoms with E-state index in [1.165, 1.54) is 19.1 Å². The Hall–Kier alpha value is -4.41. The zero-order valence-electron chi connectivity index (χ0n) is 21.8. The van der Waals surface area contributed by atoms with Gasteiger partial charge in [-0.2, -0.15) is 0 Å². The summed E-state index contributed by atoms with van der Waals surface area (Å²) in [5.41, 5.74) is 9.14. The monoisotopic (exact) mass is 548 g/mol. The molecule has 0 saturated carbocycles. The van der Waals surface area contributed by atoms with Crippen molar-refractivity contribution in [2.45, 2.75) is 13.3 Å². The summed E-state index contributed by atoms with van der Waals surface area (Å²) in [7, 11) is 3.97. The third kappa shape index (κ3) is 6.19. The van der Waals surface area contributed by atoms with E-state index in [4.69, 9.17) is 17.3 Å². The molecule has 0 unspecified atom stereocenters. The van der Waals surface area contributed by atoms with Crippen molar-refractivity contribution in [1.82, 2.24) is 4.90 Å². The molecule has 1 aliphatic heterocycles. The van der Waals surface area contributed by atoms with E-state index in [2.05, 4.69) is 15.5 Å². The first-order chi connectivity index (χ1) is 18.5. The zero-order valence-corrected chi connectivity index (χ0v) is 22.6. The lowest BCUT2D eigenvalue weighted by Crippen LogP contribution is -2.31. The van der Waals surface area contributed by atoms with Gasteiger partial charge in [-0.3, -0.25) is 19.7 Å². The molecule has 11 heteroatoms. The molecule has 1 heterocycles. The van der Waals surface area contributed by atoms with Gasteiger partial charge in [0.2, 0.25) is 5.91 Å². The van der Waals surface area contributed by atoms with E-state index in [1.54, 1.807) is 41.3 Å². The Morgan fingerprint density at radius 3 is 2.44 bits per heavy atom. The molecule has 10 nitrogen and oxygen atoms in total. The standard InChI is InChI=1S/C28H29ClN6O4/c1-17(36)34(14-4-13-33(2)3)21-9-7-20(8-10-21)31-27(18-5-12-23(30)25(15-18)35(38)39)26-22-11-6-19(29)16-24(22)32-28(26)37/h5-12,15-16,31H,4,13-14,30H2,1-3H3,(H,32,37)/b27-26-. The molecular weight excluding hydrogens is 520 g/mol. The summed E-state index contributed by atoms with van der Waals surface area (Å²) < 4.78 is 0. The van der Waals surface area contributed by atoms with E-state index in [9.17, 15) is 19.7 Å². The molecule has 0 aromatic heterocycles. The van der Waals surface area contributed by atoms with Crippen molar-refractivity contribution in [3.8, 4) is 0 Å². The van der Waals surface area contributed by atoms with Crippen LogP contribution >= 0.6 is 11.6 Å². The highest BCUT2D eigenvalue weighted by Gasteiger charge is 2.29. The van der Waals surface area contributed by atoms with Crippen LogP contribution in [0.5, 0.6) is 0 Å². The Bertz CT molecular complexity index is 1470. The highest BCUT2D eigenvalue weighted by atomic mass is 35.5. The number of halogens is 1. The Labute approximate surface area is 231 Å². The summed E-state index contributed by atoms with van der Waals surface area (Å²) in [6.07, 6.45) is 0.817. The molecule has 0 bridgehead atoms. The number of carbonyl (C=O) groups is 2. The van der Waals surface area contributed by atoms with Crippen LogP contribution in [-0.4, -0.2) is 48.8 Å². The molecule has 2 amide bonds. The number of nitro groups is 1. The summed E-state index contributed by atoms with van der Waals surface area (Å²) in [5, 5.41) is 18.2. The SMILES string of the molecule is CC(=O)N(CCCN(C)C)c1ccc(N/C(=C2\C(=O)Nc3cc(Cl)ccc32)c2ccc(N)c([N+](=O)[O-])c2)cc1. The fourth-order valence-electron chi connectivity index (χ4n) is 4.41. The molecule has 4 N–H and O–H groups in total. The topological polar surface area (TPSA) is 134 Å². The number of amides is 2. The molecular formula is C28H29ClN6O4. The molecule has 0 spiro atoms. The number of rotatable bonds is 9. The highest BCUT2D eigenvalue weighted by Crippen LogP contribution is 2.40. The number of benzene rings is 3. The quantitative estimate of drug-likeness (QED) is 0.147. The van der Waals surface area contributed by atoms with E-state index in [-0.39, 0.29) is 23.2 Å². The average Bonchev–Trinajstić information content (AvgIpc) is 3.20. The Morgan fingerprint density at radius 2 is 1.79 bits per heavy atom. The molecule has 3 aromatic rings. The van der Waals surface area contributed by atoms with Crippen molar-refractivity contribution in [2.24, 2.45) is 0 Å². The molecule has 0 saturated heterocycles. The summed E-state index contributed by atoms with van der Waals surface area (Å²) >= 11 is 6.13. The van der Waals surface area contributed by atoms with Gasteiger partial charge in [-0.05, 0) is 69.5 Å². The molecule has 0 fully saturated rings. The second-order valence-electron chi connectivity index (χ2n) is 9.42. The van der Waals surface area contributed by atoms with Crippen LogP contribution in [0.2, 0.25) is 5.02 Å². The number of nitrogens with zero attached hydrogens (tertiary/aromatic N) is 3. The maximum Gasteiger partial charge on any atom is 0.292 e. The predicted molar refractivity (Wildman–Crippen MR) is 156 cm³/mol. The summed E-state index contributed by atoms with van der Waals surface area (Å²) in [6.45, 7) is 2.95. The second-order valence-corrected chi connectivity index (χ2v) is 9.86. The fraction of sp³-hybridized carbons (Fsp3) is 0.214. The van der Waals surface area contributed by atoms with Crippen LogP contribution in [-0.2, 0) is 9.59 Å². The number of nitrogens with two attached hydrogens (primary N) is 1. The van der Waals surface area contributed by atoms with Crippen molar-refractivity contribution in [2.75, 3.05) is 48.5 Å². The molecule has 3 aromatic carbocycles. The number of nitrogens with one attached hydrogen (secondary N) is 2. The predicted octanol–water partition coefficient (Wildman–Crippen LogP) is 5.07. The molecule has 0 atom stereocenters.